The van der Waals surface area contributed by atoms with Crippen LogP contribution in [0.1, 0.15) is 38.2 Å². The highest BCUT2D eigenvalue weighted by Crippen LogP contribution is 2.54. The van der Waals surface area contributed by atoms with E-state index in [1.807, 2.05) is 19.2 Å². The van der Waals surface area contributed by atoms with Crippen LogP contribution in [0.4, 0.5) is 4.39 Å². The van der Waals surface area contributed by atoms with Gasteiger partial charge in [-0.1, -0.05) is 26.0 Å². The molecule has 16 heavy (non-hydrogen) atoms. The average Bonchev–Trinajstić information content (AvgIpc) is 2.30. The Morgan fingerprint density at radius 2 is 2.00 bits per heavy atom. The predicted octanol–water partition coefficient (Wildman–Crippen LogP) is 3.32. The van der Waals surface area contributed by atoms with Crippen LogP contribution < -0.4 is 5.32 Å². The van der Waals surface area contributed by atoms with E-state index in [1.54, 1.807) is 12.1 Å². The van der Waals surface area contributed by atoms with Gasteiger partial charge in [-0.25, -0.2) is 4.39 Å². The molecule has 0 amide bonds. The molecule has 3 atom stereocenters. The third kappa shape index (κ3) is 1.65. The van der Waals surface area contributed by atoms with E-state index >= 15 is 0 Å². The molecule has 88 valence electrons. The van der Waals surface area contributed by atoms with Gasteiger partial charge in [0.05, 0.1) is 0 Å². The molecule has 0 bridgehead atoms. The second-order valence-corrected chi connectivity index (χ2v) is 5.04. The maximum atomic E-state index is 12.9. The van der Waals surface area contributed by atoms with Crippen molar-refractivity contribution < 1.29 is 4.39 Å². The predicted molar refractivity (Wildman–Crippen MR) is 65.0 cm³/mol. The number of benzene rings is 1. The molecule has 0 spiro atoms. The monoisotopic (exact) mass is 221 g/mol. The van der Waals surface area contributed by atoms with Crippen LogP contribution in [0.3, 0.4) is 0 Å². The number of rotatable bonds is 3. The van der Waals surface area contributed by atoms with Crippen molar-refractivity contribution in [2.24, 2.45) is 5.41 Å². The van der Waals surface area contributed by atoms with Crippen molar-refractivity contribution in [1.82, 2.24) is 5.32 Å². The molecular weight excluding hydrogens is 201 g/mol. The standard InChI is InChI=1S/C14H20FN/c1-4-14(2)12(9-13(14)16-3)10-5-7-11(15)8-6-10/h5-8,12-13,16H,4,9H2,1-3H3. The molecule has 2 heteroatoms. The molecule has 0 saturated heterocycles. The van der Waals surface area contributed by atoms with Gasteiger partial charge in [-0.3, -0.25) is 0 Å². The fraction of sp³-hybridized carbons (Fsp3) is 0.571. The van der Waals surface area contributed by atoms with Crippen LogP contribution >= 0.6 is 0 Å². The zero-order chi connectivity index (χ0) is 11.8. The molecule has 0 aliphatic heterocycles. The van der Waals surface area contributed by atoms with E-state index in [1.165, 1.54) is 5.56 Å². The molecule has 1 saturated carbocycles. The lowest BCUT2D eigenvalue weighted by Crippen LogP contribution is -2.55. The van der Waals surface area contributed by atoms with Gasteiger partial charge in [-0.15, -0.1) is 0 Å². The number of hydrogen-bond donors (Lipinski definition) is 1. The molecule has 1 fully saturated rings. The molecule has 1 N–H and O–H groups in total. The van der Waals surface area contributed by atoms with Crippen molar-refractivity contribution in [3.63, 3.8) is 0 Å². The zero-order valence-corrected chi connectivity index (χ0v) is 10.3. The van der Waals surface area contributed by atoms with Crippen molar-refractivity contribution in [1.29, 1.82) is 0 Å². The molecule has 1 nitrogen and oxygen atoms in total. The second-order valence-electron chi connectivity index (χ2n) is 5.04. The normalized spacial score (nSPS) is 33.5. The summed E-state index contributed by atoms with van der Waals surface area (Å²) >= 11 is 0. The highest BCUT2D eigenvalue weighted by atomic mass is 19.1. The highest BCUT2D eigenvalue weighted by molar-refractivity contribution is 5.28. The number of hydrogen-bond acceptors (Lipinski definition) is 1. The van der Waals surface area contributed by atoms with E-state index < -0.39 is 0 Å². The summed E-state index contributed by atoms with van der Waals surface area (Å²) < 4.78 is 12.9. The summed E-state index contributed by atoms with van der Waals surface area (Å²) in [5, 5.41) is 3.38. The minimum absolute atomic E-state index is 0.147. The molecule has 1 aromatic carbocycles. The van der Waals surface area contributed by atoms with Crippen LogP contribution in [0.2, 0.25) is 0 Å². The lowest BCUT2D eigenvalue weighted by atomic mass is 9.54. The van der Waals surface area contributed by atoms with Gasteiger partial charge in [-0.2, -0.15) is 0 Å². The Balaban J connectivity index is 2.21. The van der Waals surface area contributed by atoms with Gasteiger partial charge in [0.2, 0.25) is 0 Å². The van der Waals surface area contributed by atoms with E-state index in [-0.39, 0.29) is 5.82 Å². The highest BCUT2D eigenvalue weighted by Gasteiger charge is 2.49. The summed E-state index contributed by atoms with van der Waals surface area (Å²) in [6, 6.07) is 7.59. The van der Waals surface area contributed by atoms with Crippen molar-refractivity contribution in [2.75, 3.05) is 7.05 Å². The summed E-state index contributed by atoms with van der Waals surface area (Å²) in [5.41, 5.74) is 1.59. The van der Waals surface area contributed by atoms with Crippen LogP contribution in [0, 0.1) is 11.2 Å². The Morgan fingerprint density at radius 1 is 1.38 bits per heavy atom. The lowest BCUT2D eigenvalue weighted by molar-refractivity contribution is 0.0494. The van der Waals surface area contributed by atoms with E-state index in [4.69, 9.17) is 0 Å². The topological polar surface area (TPSA) is 12.0 Å². The van der Waals surface area contributed by atoms with E-state index in [0.29, 0.717) is 17.4 Å². The molecule has 0 heterocycles. The Kier molecular flexibility index (Phi) is 3.02. The van der Waals surface area contributed by atoms with Gasteiger partial charge in [0.25, 0.3) is 0 Å². The van der Waals surface area contributed by atoms with Crippen LogP contribution in [-0.2, 0) is 0 Å². The smallest absolute Gasteiger partial charge is 0.123 e. The summed E-state index contributed by atoms with van der Waals surface area (Å²) in [5.74, 6) is 0.419. The average molecular weight is 221 g/mol. The quantitative estimate of drug-likeness (QED) is 0.825. The van der Waals surface area contributed by atoms with Gasteiger partial charge < -0.3 is 5.32 Å². The molecular formula is C14H20FN. The maximum Gasteiger partial charge on any atom is 0.123 e. The Labute approximate surface area is 97.1 Å². The second kappa shape index (κ2) is 4.17. The largest absolute Gasteiger partial charge is 0.316 e. The van der Waals surface area contributed by atoms with Crippen LogP contribution in [0.25, 0.3) is 0 Å². The van der Waals surface area contributed by atoms with Gasteiger partial charge in [0, 0.05) is 6.04 Å². The fourth-order valence-electron chi connectivity index (χ4n) is 3.01. The first kappa shape index (κ1) is 11.6. The van der Waals surface area contributed by atoms with Gasteiger partial charge in [0.1, 0.15) is 5.82 Å². The van der Waals surface area contributed by atoms with Crippen LogP contribution in [0.5, 0.6) is 0 Å². The first-order valence-corrected chi connectivity index (χ1v) is 6.04. The van der Waals surface area contributed by atoms with Crippen molar-refractivity contribution >= 4 is 0 Å². The van der Waals surface area contributed by atoms with Crippen molar-refractivity contribution in [2.45, 2.75) is 38.6 Å². The van der Waals surface area contributed by atoms with E-state index in [9.17, 15) is 4.39 Å². The third-order valence-corrected chi connectivity index (χ3v) is 4.45. The number of nitrogens with one attached hydrogen (secondary N) is 1. The van der Waals surface area contributed by atoms with Crippen LogP contribution in [0.15, 0.2) is 24.3 Å². The first-order chi connectivity index (χ1) is 7.61. The van der Waals surface area contributed by atoms with E-state index in [2.05, 4.69) is 19.2 Å². The Hall–Kier alpha value is -0.890. The molecule has 1 aliphatic carbocycles. The van der Waals surface area contributed by atoms with Crippen molar-refractivity contribution in [3.05, 3.63) is 35.6 Å². The Bertz CT molecular complexity index is 360. The molecule has 3 unspecified atom stereocenters. The summed E-state index contributed by atoms with van der Waals surface area (Å²) in [6.07, 6.45) is 2.31. The molecule has 0 radical (unpaired) electrons. The maximum absolute atomic E-state index is 12.9. The van der Waals surface area contributed by atoms with Gasteiger partial charge in [-0.05, 0) is 48.9 Å². The van der Waals surface area contributed by atoms with Crippen molar-refractivity contribution in [3.8, 4) is 0 Å². The van der Waals surface area contributed by atoms with E-state index in [0.717, 1.165) is 12.8 Å². The lowest BCUT2D eigenvalue weighted by Gasteiger charge is -2.54. The van der Waals surface area contributed by atoms with Gasteiger partial charge >= 0.3 is 0 Å². The Morgan fingerprint density at radius 3 is 2.50 bits per heavy atom. The third-order valence-electron chi connectivity index (χ3n) is 4.45. The first-order valence-electron chi connectivity index (χ1n) is 6.04. The summed E-state index contributed by atoms with van der Waals surface area (Å²) in [4.78, 5) is 0. The molecule has 1 aromatic rings. The van der Waals surface area contributed by atoms with Gasteiger partial charge in [0.15, 0.2) is 0 Å². The number of halogens is 1. The zero-order valence-electron chi connectivity index (χ0n) is 10.3. The fourth-order valence-corrected chi connectivity index (χ4v) is 3.01. The molecule has 0 aromatic heterocycles. The molecule has 2 rings (SSSR count). The summed E-state index contributed by atoms with van der Waals surface area (Å²) in [7, 11) is 2.03. The summed E-state index contributed by atoms with van der Waals surface area (Å²) in [6.45, 7) is 4.56. The minimum atomic E-state index is -0.147. The van der Waals surface area contributed by atoms with Crippen LogP contribution in [-0.4, -0.2) is 13.1 Å². The minimum Gasteiger partial charge on any atom is -0.316 e. The SMILES string of the molecule is CCC1(C)C(NC)CC1c1ccc(F)cc1. The molecule has 1 aliphatic rings.